The Labute approximate surface area is 139 Å². The molecule has 6 nitrogen and oxygen atoms in total. The van der Waals surface area contributed by atoms with Gasteiger partial charge in [-0.3, -0.25) is 4.79 Å². The minimum Gasteiger partial charge on any atom is -0.482 e. The highest BCUT2D eigenvalue weighted by Gasteiger charge is 2.11. The molecule has 0 spiro atoms. The van der Waals surface area contributed by atoms with Gasteiger partial charge in [0.25, 0.3) is 5.91 Å². The van der Waals surface area contributed by atoms with Gasteiger partial charge in [-0.1, -0.05) is 30.3 Å². The van der Waals surface area contributed by atoms with E-state index in [2.05, 4.69) is 5.32 Å². The Balaban J connectivity index is 1.78. The highest BCUT2D eigenvalue weighted by molar-refractivity contribution is 5.94. The molecule has 0 unspecified atom stereocenters. The van der Waals surface area contributed by atoms with Crippen LogP contribution in [-0.4, -0.2) is 25.1 Å². The van der Waals surface area contributed by atoms with Gasteiger partial charge in [0, 0.05) is 0 Å². The fraction of sp³-hybridized carbons (Fsp3) is 0.167. The van der Waals surface area contributed by atoms with E-state index in [1.807, 2.05) is 25.1 Å². The minimum absolute atomic E-state index is 0.285. The predicted octanol–water partition coefficient (Wildman–Crippen LogP) is 2.43. The van der Waals surface area contributed by atoms with Gasteiger partial charge in [0.05, 0.1) is 11.3 Å². The zero-order valence-electron chi connectivity index (χ0n) is 13.1. The van der Waals surface area contributed by atoms with E-state index in [9.17, 15) is 9.59 Å². The average molecular weight is 324 g/mol. The van der Waals surface area contributed by atoms with Gasteiger partial charge in [0.15, 0.2) is 13.2 Å². The third-order valence-corrected chi connectivity index (χ3v) is 3.12. The summed E-state index contributed by atoms with van der Waals surface area (Å²) in [6.07, 6.45) is 0. The van der Waals surface area contributed by atoms with E-state index in [0.717, 1.165) is 5.56 Å². The number of nitriles is 1. The number of amides is 1. The van der Waals surface area contributed by atoms with Crippen LogP contribution < -0.4 is 10.1 Å². The molecular formula is C18H16N2O4. The topological polar surface area (TPSA) is 88.4 Å². The molecule has 2 aromatic carbocycles. The van der Waals surface area contributed by atoms with Crippen molar-refractivity contribution in [2.24, 2.45) is 0 Å². The maximum absolute atomic E-state index is 11.8. The van der Waals surface area contributed by atoms with Crippen LogP contribution in [0.15, 0.2) is 48.5 Å². The predicted molar refractivity (Wildman–Crippen MR) is 87.4 cm³/mol. The maximum Gasteiger partial charge on any atom is 0.344 e. The van der Waals surface area contributed by atoms with Gasteiger partial charge < -0.3 is 14.8 Å². The number of nitrogens with zero attached hydrogens (tertiary/aromatic N) is 1. The van der Waals surface area contributed by atoms with Crippen LogP contribution in [0.2, 0.25) is 0 Å². The molecule has 0 aliphatic rings. The molecule has 0 radical (unpaired) electrons. The first-order valence-corrected chi connectivity index (χ1v) is 7.23. The smallest absolute Gasteiger partial charge is 0.344 e. The normalized spacial score (nSPS) is 9.67. The molecule has 0 saturated heterocycles. The van der Waals surface area contributed by atoms with Gasteiger partial charge in [-0.05, 0) is 30.7 Å². The summed E-state index contributed by atoms with van der Waals surface area (Å²) < 4.78 is 10.2. The van der Waals surface area contributed by atoms with Crippen molar-refractivity contribution in [3.05, 3.63) is 59.7 Å². The lowest BCUT2D eigenvalue weighted by Crippen LogP contribution is -2.24. The molecule has 1 amide bonds. The molecule has 0 aliphatic heterocycles. The second kappa shape index (κ2) is 8.34. The van der Waals surface area contributed by atoms with Crippen molar-refractivity contribution in [2.45, 2.75) is 6.92 Å². The van der Waals surface area contributed by atoms with E-state index in [1.165, 1.54) is 0 Å². The van der Waals surface area contributed by atoms with Gasteiger partial charge in [-0.15, -0.1) is 0 Å². The fourth-order valence-corrected chi connectivity index (χ4v) is 1.92. The molecule has 0 aliphatic carbocycles. The number of anilines is 1. The van der Waals surface area contributed by atoms with Crippen LogP contribution in [-0.2, 0) is 14.3 Å². The second-order valence-electron chi connectivity index (χ2n) is 4.92. The number of benzene rings is 2. The Hall–Kier alpha value is -3.33. The fourth-order valence-electron chi connectivity index (χ4n) is 1.92. The number of carbonyl (C=O) groups is 2. The Morgan fingerprint density at radius 2 is 1.79 bits per heavy atom. The lowest BCUT2D eigenvalue weighted by Gasteiger charge is -2.09. The Morgan fingerprint density at radius 3 is 2.54 bits per heavy atom. The molecule has 6 heteroatoms. The van der Waals surface area contributed by atoms with Crippen LogP contribution in [0, 0.1) is 18.3 Å². The van der Waals surface area contributed by atoms with Crippen molar-refractivity contribution in [2.75, 3.05) is 18.5 Å². The van der Waals surface area contributed by atoms with Crippen LogP contribution in [0.5, 0.6) is 5.75 Å². The molecule has 0 fully saturated rings. The van der Waals surface area contributed by atoms with Crippen molar-refractivity contribution in [3.8, 4) is 11.8 Å². The van der Waals surface area contributed by atoms with Crippen LogP contribution in [0.25, 0.3) is 0 Å². The molecule has 0 saturated carbocycles. The van der Waals surface area contributed by atoms with Crippen LogP contribution in [0.4, 0.5) is 5.69 Å². The molecule has 2 aromatic rings. The van der Waals surface area contributed by atoms with E-state index < -0.39 is 18.5 Å². The number of nitrogens with one attached hydrogen (secondary N) is 1. The zero-order chi connectivity index (χ0) is 17.4. The maximum atomic E-state index is 11.8. The van der Waals surface area contributed by atoms with Gasteiger partial charge in [0.1, 0.15) is 11.8 Å². The van der Waals surface area contributed by atoms with Gasteiger partial charge in [-0.25, -0.2) is 4.79 Å². The highest BCUT2D eigenvalue weighted by Crippen LogP contribution is 2.16. The first kappa shape index (κ1) is 17.0. The third kappa shape index (κ3) is 4.85. The first-order chi connectivity index (χ1) is 11.6. The Bertz CT molecular complexity index is 781. The van der Waals surface area contributed by atoms with Crippen molar-refractivity contribution < 1.29 is 19.1 Å². The summed E-state index contributed by atoms with van der Waals surface area (Å²) in [6, 6.07) is 15.8. The quantitative estimate of drug-likeness (QED) is 0.824. The van der Waals surface area contributed by atoms with E-state index in [-0.39, 0.29) is 6.61 Å². The zero-order valence-corrected chi connectivity index (χ0v) is 13.1. The highest BCUT2D eigenvalue weighted by atomic mass is 16.6. The molecule has 122 valence electrons. The number of rotatable bonds is 6. The van der Waals surface area contributed by atoms with Gasteiger partial charge in [-0.2, -0.15) is 5.26 Å². The standard InChI is InChI=1S/C18H16N2O4/c1-13-6-2-5-9-16(13)23-12-18(22)24-11-17(21)20-15-8-4-3-7-14(15)10-19/h2-9H,11-12H2,1H3,(H,20,21). The lowest BCUT2D eigenvalue weighted by molar-refractivity contribution is -0.149. The minimum atomic E-state index is -0.651. The summed E-state index contributed by atoms with van der Waals surface area (Å²) in [5, 5.41) is 11.5. The van der Waals surface area contributed by atoms with Crippen LogP contribution >= 0.6 is 0 Å². The number of hydrogen-bond acceptors (Lipinski definition) is 5. The number of para-hydroxylation sites is 2. The number of esters is 1. The molecule has 0 heterocycles. The summed E-state index contributed by atoms with van der Waals surface area (Å²) in [5.74, 6) is -0.592. The molecule has 0 atom stereocenters. The molecule has 24 heavy (non-hydrogen) atoms. The summed E-state index contributed by atoms with van der Waals surface area (Å²) in [4.78, 5) is 23.4. The molecular weight excluding hydrogens is 308 g/mol. The second-order valence-corrected chi connectivity index (χ2v) is 4.92. The summed E-state index contributed by atoms with van der Waals surface area (Å²) in [7, 11) is 0. The van der Waals surface area contributed by atoms with Crippen LogP contribution in [0.1, 0.15) is 11.1 Å². The van der Waals surface area contributed by atoms with E-state index in [0.29, 0.717) is 17.0 Å². The largest absolute Gasteiger partial charge is 0.482 e. The van der Waals surface area contributed by atoms with Crippen molar-refractivity contribution >= 4 is 17.6 Å². The Kier molecular flexibility index (Phi) is 5.92. The van der Waals surface area contributed by atoms with E-state index in [1.54, 1.807) is 36.4 Å². The number of ether oxygens (including phenoxy) is 2. The number of hydrogen-bond donors (Lipinski definition) is 1. The summed E-state index contributed by atoms with van der Waals surface area (Å²) >= 11 is 0. The van der Waals surface area contributed by atoms with Crippen LogP contribution in [0.3, 0.4) is 0 Å². The van der Waals surface area contributed by atoms with Crippen molar-refractivity contribution in [1.82, 2.24) is 0 Å². The summed E-state index contributed by atoms with van der Waals surface area (Å²) in [6.45, 7) is 1.13. The van der Waals surface area contributed by atoms with Crippen molar-refractivity contribution in [1.29, 1.82) is 5.26 Å². The monoisotopic (exact) mass is 324 g/mol. The summed E-state index contributed by atoms with van der Waals surface area (Å²) in [5.41, 5.74) is 1.61. The first-order valence-electron chi connectivity index (χ1n) is 7.23. The van der Waals surface area contributed by atoms with Gasteiger partial charge in [0.2, 0.25) is 0 Å². The molecule has 0 aromatic heterocycles. The average Bonchev–Trinajstić information content (AvgIpc) is 2.59. The Morgan fingerprint density at radius 1 is 1.08 bits per heavy atom. The van der Waals surface area contributed by atoms with Gasteiger partial charge >= 0.3 is 5.97 Å². The SMILES string of the molecule is Cc1ccccc1OCC(=O)OCC(=O)Nc1ccccc1C#N. The van der Waals surface area contributed by atoms with Crippen molar-refractivity contribution in [3.63, 3.8) is 0 Å². The molecule has 1 N–H and O–H groups in total. The molecule has 0 bridgehead atoms. The lowest BCUT2D eigenvalue weighted by atomic mass is 10.2. The molecule has 2 rings (SSSR count). The van der Waals surface area contributed by atoms with E-state index in [4.69, 9.17) is 14.7 Å². The third-order valence-electron chi connectivity index (χ3n) is 3.12. The number of carbonyl (C=O) groups excluding carboxylic acids is 2. The van der Waals surface area contributed by atoms with E-state index >= 15 is 0 Å². The number of aryl methyl sites for hydroxylation is 1.